The number of hydrogen-bond donors (Lipinski definition) is 2. The number of aryl methyl sites for hydroxylation is 1. The number of methoxy groups -OCH3 is 1. The molecule has 3 atom stereocenters. The minimum atomic E-state index is -1.13. The molecule has 0 saturated carbocycles. The predicted octanol–water partition coefficient (Wildman–Crippen LogP) is 5.46. The van der Waals surface area contributed by atoms with Crippen molar-refractivity contribution < 1.29 is 14.3 Å². The van der Waals surface area contributed by atoms with Gasteiger partial charge in [-0.3, -0.25) is 9.69 Å². The van der Waals surface area contributed by atoms with Crippen LogP contribution in [0.5, 0.6) is 11.5 Å². The Kier molecular flexibility index (Phi) is 5.62. The zero-order chi connectivity index (χ0) is 24.0. The van der Waals surface area contributed by atoms with Crippen molar-refractivity contribution in [2.45, 2.75) is 25.6 Å². The first kappa shape index (κ1) is 22.5. The average molecular weight is 494 g/mol. The average Bonchev–Trinajstić information content (AvgIpc) is 2.79. The maximum absolute atomic E-state index is 13.8. The van der Waals surface area contributed by atoms with E-state index in [-0.39, 0.29) is 5.91 Å². The summed E-state index contributed by atoms with van der Waals surface area (Å²) in [5.74, 6) is 0.357. The third kappa shape index (κ3) is 3.65. The third-order valence-electron chi connectivity index (χ3n) is 6.36. The standard InChI is InChI=1S/C26H24ClN3O3S/c1-15-6-4-7-18(14-15)30-25(34)29-22-19-8-5-9-20(32-3)23(19)33-26(30,2)21(22)24(31)28-17-12-10-16(27)11-13-17/h4-14,21-22H,1-3H3,(H,28,31)(H,29,34)/t21-,22+,26-/m0/s1. The molecule has 3 aromatic rings. The second kappa shape index (κ2) is 8.49. The number of hydrogen-bond acceptors (Lipinski definition) is 4. The van der Waals surface area contributed by atoms with Crippen molar-refractivity contribution in [3.8, 4) is 11.5 Å². The molecule has 0 aliphatic carbocycles. The monoisotopic (exact) mass is 493 g/mol. The molecule has 2 heterocycles. The van der Waals surface area contributed by atoms with Gasteiger partial charge in [0, 0.05) is 22.0 Å². The molecule has 0 radical (unpaired) electrons. The van der Waals surface area contributed by atoms with Gasteiger partial charge in [-0.2, -0.15) is 0 Å². The minimum Gasteiger partial charge on any atom is -0.493 e. The number of halogens is 1. The maximum Gasteiger partial charge on any atom is 0.236 e. The van der Waals surface area contributed by atoms with Gasteiger partial charge in [-0.25, -0.2) is 0 Å². The van der Waals surface area contributed by atoms with E-state index < -0.39 is 17.7 Å². The minimum absolute atomic E-state index is 0.198. The van der Waals surface area contributed by atoms with Gasteiger partial charge < -0.3 is 20.1 Å². The molecule has 1 saturated heterocycles. The lowest BCUT2D eigenvalue weighted by Gasteiger charge is -2.56. The van der Waals surface area contributed by atoms with Crippen LogP contribution in [0.25, 0.3) is 0 Å². The van der Waals surface area contributed by atoms with Crippen LogP contribution in [0, 0.1) is 12.8 Å². The summed E-state index contributed by atoms with van der Waals surface area (Å²) in [6, 6.07) is 20.2. The molecule has 5 rings (SSSR count). The SMILES string of the molecule is COc1cccc2c1O[C@@]1(C)[C@H](C(=O)Nc3ccc(Cl)cc3)[C@@H]2NC(=S)N1c1cccc(C)c1. The summed E-state index contributed by atoms with van der Waals surface area (Å²) in [5.41, 5.74) is 2.25. The van der Waals surface area contributed by atoms with Gasteiger partial charge in [-0.05, 0) is 74.1 Å². The molecule has 6 nitrogen and oxygen atoms in total. The van der Waals surface area contributed by atoms with Gasteiger partial charge in [0.25, 0.3) is 0 Å². The summed E-state index contributed by atoms with van der Waals surface area (Å²) in [6.07, 6.45) is 0. The molecule has 8 heteroatoms. The number of nitrogens with zero attached hydrogens (tertiary/aromatic N) is 1. The normalized spacial score (nSPS) is 22.8. The highest BCUT2D eigenvalue weighted by Gasteiger charge is 2.59. The molecule has 3 aromatic carbocycles. The fourth-order valence-corrected chi connectivity index (χ4v) is 5.38. The number of anilines is 2. The topological polar surface area (TPSA) is 62.8 Å². The second-order valence-corrected chi connectivity index (χ2v) is 9.43. The third-order valence-corrected chi connectivity index (χ3v) is 6.92. The van der Waals surface area contributed by atoms with E-state index in [2.05, 4.69) is 10.6 Å². The van der Waals surface area contributed by atoms with E-state index in [0.717, 1.165) is 16.8 Å². The van der Waals surface area contributed by atoms with Gasteiger partial charge >= 0.3 is 0 Å². The van der Waals surface area contributed by atoms with E-state index in [1.165, 1.54) is 0 Å². The van der Waals surface area contributed by atoms with Crippen molar-refractivity contribution in [3.05, 3.63) is 82.9 Å². The van der Waals surface area contributed by atoms with E-state index >= 15 is 0 Å². The zero-order valence-corrected chi connectivity index (χ0v) is 20.5. The van der Waals surface area contributed by atoms with Crippen LogP contribution in [0.3, 0.4) is 0 Å². The lowest BCUT2D eigenvalue weighted by atomic mass is 9.78. The van der Waals surface area contributed by atoms with Crippen LogP contribution in [0.1, 0.15) is 24.1 Å². The quantitative estimate of drug-likeness (QED) is 0.471. The molecular weight excluding hydrogens is 470 g/mol. The molecule has 0 aromatic heterocycles. The Bertz CT molecular complexity index is 1280. The molecule has 174 valence electrons. The Balaban J connectivity index is 1.65. The molecule has 1 amide bonds. The summed E-state index contributed by atoms with van der Waals surface area (Å²) in [7, 11) is 1.60. The van der Waals surface area contributed by atoms with Gasteiger partial charge in [0.15, 0.2) is 22.3 Å². The largest absolute Gasteiger partial charge is 0.493 e. The Labute approximate surface area is 208 Å². The summed E-state index contributed by atoms with van der Waals surface area (Å²) in [5, 5.41) is 7.53. The van der Waals surface area contributed by atoms with Crippen molar-refractivity contribution >= 4 is 46.2 Å². The molecule has 34 heavy (non-hydrogen) atoms. The van der Waals surface area contributed by atoms with E-state index in [4.69, 9.17) is 33.3 Å². The first-order valence-corrected chi connectivity index (χ1v) is 11.7. The van der Waals surface area contributed by atoms with Crippen molar-refractivity contribution in [2.24, 2.45) is 5.92 Å². The van der Waals surface area contributed by atoms with Crippen LogP contribution in [0.15, 0.2) is 66.7 Å². The number of ether oxygens (including phenoxy) is 2. The van der Waals surface area contributed by atoms with Crippen LogP contribution in [0.2, 0.25) is 5.02 Å². The second-order valence-electron chi connectivity index (χ2n) is 8.61. The van der Waals surface area contributed by atoms with E-state index in [0.29, 0.717) is 27.3 Å². The number of carbonyl (C=O) groups excluding carboxylic acids is 1. The summed E-state index contributed by atoms with van der Waals surface area (Å²) in [4.78, 5) is 15.7. The lowest BCUT2D eigenvalue weighted by molar-refractivity contribution is -0.130. The highest BCUT2D eigenvalue weighted by molar-refractivity contribution is 7.80. The molecule has 1 fully saturated rings. The van der Waals surface area contributed by atoms with E-state index in [9.17, 15) is 4.79 Å². The van der Waals surface area contributed by atoms with E-state index in [1.807, 2.05) is 61.2 Å². The summed E-state index contributed by atoms with van der Waals surface area (Å²) >= 11 is 11.8. The summed E-state index contributed by atoms with van der Waals surface area (Å²) < 4.78 is 12.3. The highest BCUT2D eigenvalue weighted by atomic mass is 35.5. The molecule has 2 N–H and O–H groups in total. The van der Waals surface area contributed by atoms with Gasteiger partial charge in [-0.15, -0.1) is 0 Å². The number of amides is 1. The van der Waals surface area contributed by atoms with Gasteiger partial charge in [0.2, 0.25) is 5.91 Å². The smallest absolute Gasteiger partial charge is 0.236 e. The number of benzene rings is 3. The zero-order valence-electron chi connectivity index (χ0n) is 19.0. The number of fused-ring (bicyclic) bond motifs is 4. The van der Waals surface area contributed by atoms with Crippen molar-refractivity contribution in [1.29, 1.82) is 0 Å². The first-order valence-electron chi connectivity index (χ1n) is 10.9. The Morgan fingerprint density at radius 1 is 1.18 bits per heavy atom. The molecule has 0 spiro atoms. The number of thiocarbonyl (C=S) groups is 1. The Morgan fingerprint density at radius 3 is 2.62 bits per heavy atom. The van der Waals surface area contributed by atoms with Crippen LogP contribution >= 0.6 is 23.8 Å². The number of nitrogens with one attached hydrogen (secondary N) is 2. The van der Waals surface area contributed by atoms with E-state index in [1.54, 1.807) is 31.4 Å². The van der Waals surface area contributed by atoms with Crippen molar-refractivity contribution in [3.63, 3.8) is 0 Å². The van der Waals surface area contributed by atoms with Crippen molar-refractivity contribution in [2.75, 3.05) is 17.3 Å². The van der Waals surface area contributed by atoms with Crippen LogP contribution in [-0.4, -0.2) is 23.9 Å². The summed E-state index contributed by atoms with van der Waals surface area (Å²) in [6.45, 7) is 3.91. The van der Waals surface area contributed by atoms with Crippen molar-refractivity contribution in [1.82, 2.24) is 5.32 Å². The fourth-order valence-electron chi connectivity index (χ4n) is 4.84. The van der Waals surface area contributed by atoms with Crippen LogP contribution < -0.4 is 25.0 Å². The molecule has 2 aliphatic heterocycles. The van der Waals surface area contributed by atoms with Crippen LogP contribution in [0.4, 0.5) is 11.4 Å². The molecule has 0 unspecified atom stereocenters. The highest BCUT2D eigenvalue weighted by Crippen LogP contribution is 2.52. The molecular formula is C26H24ClN3O3S. The maximum atomic E-state index is 13.8. The first-order chi connectivity index (χ1) is 16.3. The van der Waals surface area contributed by atoms with Gasteiger partial charge in [-0.1, -0.05) is 35.9 Å². The van der Waals surface area contributed by atoms with Crippen LogP contribution in [-0.2, 0) is 4.79 Å². The fraction of sp³-hybridized carbons (Fsp3) is 0.231. The molecule has 2 bridgehead atoms. The Hall–Kier alpha value is -3.29. The number of rotatable bonds is 4. The van der Waals surface area contributed by atoms with Gasteiger partial charge in [0.05, 0.1) is 13.2 Å². The number of para-hydroxylation sites is 1. The predicted molar refractivity (Wildman–Crippen MR) is 138 cm³/mol. The Morgan fingerprint density at radius 2 is 1.91 bits per heavy atom. The lowest BCUT2D eigenvalue weighted by Crippen LogP contribution is -2.72. The molecule has 2 aliphatic rings. The number of carbonyl (C=O) groups is 1. The van der Waals surface area contributed by atoms with Gasteiger partial charge in [0.1, 0.15) is 5.92 Å².